The number of nitrogens with zero attached hydrogens (tertiary/aromatic N) is 1. The second-order valence-electron chi connectivity index (χ2n) is 4.33. The van der Waals surface area contributed by atoms with Crippen molar-refractivity contribution in [2.75, 3.05) is 11.1 Å². The molecule has 1 aliphatic rings. The van der Waals surface area contributed by atoms with Crippen molar-refractivity contribution in [2.24, 2.45) is 0 Å². The molecule has 1 unspecified atom stereocenters. The van der Waals surface area contributed by atoms with E-state index in [9.17, 15) is 9.59 Å². The van der Waals surface area contributed by atoms with Crippen molar-refractivity contribution in [3.8, 4) is 11.3 Å². The zero-order valence-electron chi connectivity index (χ0n) is 10.4. The maximum atomic E-state index is 11.9. The van der Waals surface area contributed by atoms with Crippen LogP contribution >= 0.6 is 11.8 Å². The summed E-state index contributed by atoms with van der Waals surface area (Å²) < 4.78 is 0. The molecule has 102 valence electrons. The van der Waals surface area contributed by atoms with Gasteiger partial charge in [0.25, 0.3) is 5.24 Å². The van der Waals surface area contributed by atoms with E-state index in [-0.39, 0.29) is 11.1 Å². The summed E-state index contributed by atoms with van der Waals surface area (Å²) in [6, 6.07) is 8.84. The Morgan fingerprint density at radius 2 is 2.10 bits per heavy atom. The van der Waals surface area contributed by atoms with Gasteiger partial charge in [-0.2, -0.15) is 5.10 Å². The molecule has 0 spiro atoms. The number of nitrogens with one attached hydrogen (secondary N) is 3. The van der Waals surface area contributed by atoms with Gasteiger partial charge in [-0.25, -0.2) is 0 Å². The smallest absolute Gasteiger partial charge is 0.279 e. The van der Waals surface area contributed by atoms with Gasteiger partial charge in [0.05, 0.1) is 5.69 Å². The molecule has 1 aromatic heterocycles. The van der Waals surface area contributed by atoms with Crippen LogP contribution in [0.5, 0.6) is 0 Å². The van der Waals surface area contributed by atoms with Crippen LogP contribution in [0.1, 0.15) is 0 Å². The highest BCUT2D eigenvalue weighted by Gasteiger charge is 2.27. The molecule has 3 N–H and O–H groups in total. The van der Waals surface area contributed by atoms with Gasteiger partial charge >= 0.3 is 0 Å². The molecule has 0 aliphatic carbocycles. The Hall–Kier alpha value is -2.28. The zero-order valence-corrected chi connectivity index (χ0v) is 11.2. The first-order chi connectivity index (χ1) is 9.72. The first kappa shape index (κ1) is 12.7. The van der Waals surface area contributed by atoms with E-state index in [2.05, 4.69) is 20.8 Å². The van der Waals surface area contributed by atoms with Crippen molar-refractivity contribution in [3.05, 3.63) is 36.5 Å². The molecule has 1 aromatic carbocycles. The number of H-pyrrole nitrogens is 1. The summed E-state index contributed by atoms with van der Waals surface area (Å²) >= 11 is 1.12. The topological polar surface area (TPSA) is 86.9 Å². The standard InChI is InChI=1S/C13H12N4O2S/c18-12(11-7-20-13(19)16-11)15-9-3-1-8(2-4-9)10-5-6-14-17-10/h1-6,11H,7H2,(H,14,17)(H,15,18)(H,16,19). The molecule has 6 nitrogen and oxygen atoms in total. The van der Waals surface area contributed by atoms with E-state index in [1.807, 2.05) is 30.3 Å². The third kappa shape index (κ3) is 2.67. The summed E-state index contributed by atoms with van der Waals surface area (Å²) in [5.41, 5.74) is 2.61. The fourth-order valence-electron chi connectivity index (χ4n) is 1.90. The Labute approximate surface area is 119 Å². The highest BCUT2D eigenvalue weighted by molar-refractivity contribution is 8.14. The lowest BCUT2D eigenvalue weighted by molar-refractivity contribution is -0.117. The van der Waals surface area contributed by atoms with Crippen LogP contribution in [-0.4, -0.2) is 33.1 Å². The number of rotatable bonds is 3. The van der Waals surface area contributed by atoms with Crippen molar-refractivity contribution < 1.29 is 9.59 Å². The Balaban J connectivity index is 1.66. The first-order valence-corrected chi connectivity index (χ1v) is 7.05. The monoisotopic (exact) mass is 288 g/mol. The van der Waals surface area contributed by atoms with Gasteiger partial charge in [0.15, 0.2) is 0 Å². The Kier molecular flexibility index (Phi) is 3.42. The zero-order chi connectivity index (χ0) is 13.9. The Bertz CT molecular complexity index is 624. The molecule has 2 heterocycles. The molecular formula is C13H12N4O2S. The van der Waals surface area contributed by atoms with Gasteiger partial charge in [-0.3, -0.25) is 14.7 Å². The van der Waals surface area contributed by atoms with Crippen LogP contribution in [0, 0.1) is 0 Å². The van der Waals surface area contributed by atoms with Crippen LogP contribution < -0.4 is 10.6 Å². The maximum Gasteiger partial charge on any atom is 0.279 e. The molecule has 1 fully saturated rings. The molecule has 0 saturated carbocycles. The Morgan fingerprint density at radius 3 is 2.70 bits per heavy atom. The van der Waals surface area contributed by atoms with Crippen molar-refractivity contribution in [3.63, 3.8) is 0 Å². The van der Waals surface area contributed by atoms with Gasteiger partial charge in [0.1, 0.15) is 6.04 Å². The number of hydrogen-bond donors (Lipinski definition) is 3. The third-order valence-electron chi connectivity index (χ3n) is 2.95. The second kappa shape index (κ2) is 5.38. The number of carbonyl (C=O) groups excluding carboxylic acids is 2. The van der Waals surface area contributed by atoms with Gasteiger partial charge in [0, 0.05) is 17.6 Å². The van der Waals surface area contributed by atoms with E-state index < -0.39 is 6.04 Å². The van der Waals surface area contributed by atoms with Crippen molar-refractivity contribution in [1.82, 2.24) is 15.5 Å². The maximum absolute atomic E-state index is 11.9. The number of thioether (sulfide) groups is 1. The van der Waals surface area contributed by atoms with Crippen LogP contribution in [0.3, 0.4) is 0 Å². The number of hydrogen-bond acceptors (Lipinski definition) is 4. The highest BCUT2D eigenvalue weighted by Crippen LogP contribution is 2.20. The van der Waals surface area contributed by atoms with Crippen molar-refractivity contribution in [2.45, 2.75) is 6.04 Å². The number of benzene rings is 1. The summed E-state index contributed by atoms with van der Waals surface area (Å²) in [7, 11) is 0. The van der Waals surface area contributed by atoms with Gasteiger partial charge in [-0.05, 0) is 23.8 Å². The SMILES string of the molecule is O=C1NC(C(=O)Nc2ccc(-c3ccn[nH]3)cc2)CS1. The molecule has 2 aromatic rings. The van der Waals surface area contributed by atoms with E-state index in [4.69, 9.17) is 0 Å². The minimum absolute atomic E-state index is 0.153. The summed E-state index contributed by atoms with van der Waals surface area (Å²) in [5.74, 6) is 0.273. The molecule has 0 radical (unpaired) electrons. The molecule has 20 heavy (non-hydrogen) atoms. The van der Waals surface area contributed by atoms with Crippen molar-refractivity contribution >= 4 is 28.6 Å². The number of amides is 2. The molecule has 2 amide bonds. The molecule has 3 rings (SSSR count). The highest BCUT2D eigenvalue weighted by atomic mass is 32.2. The van der Waals surface area contributed by atoms with Gasteiger partial charge in [-0.1, -0.05) is 23.9 Å². The normalized spacial score (nSPS) is 17.8. The quantitative estimate of drug-likeness (QED) is 0.804. The number of aromatic amines is 1. The average molecular weight is 288 g/mol. The van der Waals surface area contributed by atoms with Gasteiger partial charge in [0.2, 0.25) is 5.91 Å². The van der Waals surface area contributed by atoms with Crippen LogP contribution in [0.25, 0.3) is 11.3 Å². The number of aromatic nitrogens is 2. The van der Waals surface area contributed by atoms with Gasteiger partial charge in [-0.15, -0.1) is 0 Å². The van der Waals surface area contributed by atoms with E-state index in [0.29, 0.717) is 11.4 Å². The fraction of sp³-hybridized carbons (Fsp3) is 0.154. The van der Waals surface area contributed by atoms with E-state index >= 15 is 0 Å². The minimum atomic E-state index is -0.459. The van der Waals surface area contributed by atoms with Crippen molar-refractivity contribution in [1.29, 1.82) is 0 Å². The molecular weight excluding hydrogens is 276 g/mol. The van der Waals surface area contributed by atoms with Crippen LogP contribution in [0.4, 0.5) is 10.5 Å². The molecule has 1 atom stereocenters. The average Bonchev–Trinajstić information content (AvgIpc) is 3.10. The Morgan fingerprint density at radius 1 is 1.30 bits per heavy atom. The predicted octanol–water partition coefficient (Wildman–Crippen LogP) is 1.84. The lowest BCUT2D eigenvalue weighted by Crippen LogP contribution is -2.38. The second-order valence-corrected chi connectivity index (χ2v) is 5.33. The molecule has 0 bridgehead atoms. The van der Waals surface area contributed by atoms with E-state index in [1.165, 1.54) is 0 Å². The minimum Gasteiger partial charge on any atom is -0.334 e. The molecule has 1 aliphatic heterocycles. The van der Waals surface area contributed by atoms with E-state index in [0.717, 1.165) is 23.0 Å². The largest absolute Gasteiger partial charge is 0.334 e. The van der Waals surface area contributed by atoms with E-state index in [1.54, 1.807) is 6.20 Å². The molecule has 1 saturated heterocycles. The summed E-state index contributed by atoms with van der Waals surface area (Å²) in [6.45, 7) is 0. The summed E-state index contributed by atoms with van der Waals surface area (Å²) in [4.78, 5) is 23.0. The molecule has 7 heteroatoms. The fourth-order valence-corrected chi connectivity index (χ4v) is 2.68. The predicted molar refractivity (Wildman–Crippen MR) is 77.4 cm³/mol. The van der Waals surface area contributed by atoms with Crippen LogP contribution in [0.15, 0.2) is 36.5 Å². The lowest BCUT2D eigenvalue weighted by atomic mass is 10.1. The van der Waals surface area contributed by atoms with Crippen LogP contribution in [-0.2, 0) is 4.79 Å². The van der Waals surface area contributed by atoms with Crippen LogP contribution in [0.2, 0.25) is 0 Å². The lowest BCUT2D eigenvalue weighted by Gasteiger charge is -2.10. The summed E-state index contributed by atoms with van der Waals surface area (Å²) in [5, 5.41) is 12.0. The first-order valence-electron chi connectivity index (χ1n) is 6.06. The third-order valence-corrected chi connectivity index (χ3v) is 3.83. The van der Waals surface area contributed by atoms with Gasteiger partial charge < -0.3 is 10.6 Å². The number of carbonyl (C=O) groups is 2. The summed E-state index contributed by atoms with van der Waals surface area (Å²) in [6.07, 6.45) is 1.69. The number of anilines is 1.